The minimum atomic E-state index is -0.0915. The van der Waals surface area contributed by atoms with E-state index in [0.717, 1.165) is 24.1 Å². The van der Waals surface area contributed by atoms with E-state index in [1.54, 1.807) is 12.1 Å². The van der Waals surface area contributed by atoms with Gasteiger partial charge in [-0.2, -0.15) is 4.98 Å². The molecule has 1 aliphatic carbocycles. The highest BCUT2D eigenvalue weighted by Crippen LogP contribution is 2.34. The number of fused-ring (bicyclic) bond motifs is 1. The van der Waals surface area contributed by atoms with Gasteiger partial charge in [0.05, 0.1) is 5.92 Å². The predicted molar refractivity (Wildman–Crippen MR) is 103 cm³/mol. The fraction of sp³-hybridized carbons (Fsp3) is 0.286. The Labute approximate surface area is 161 Å². The molecule has 0 saturated carbocycles. The number of anilines is 1. The van der Waals surface area contributed by atoms with Crippen LogP contribution < -0.4 is 4.90 Å². The minimum Gasteiger partial charge on any atom is -0.339 e. The van der Waals surface area contributed by atoms with E-state index in [2.05, 4.69) is 28.3 Å². The molecule has 0 N–H and O–H groups in total. The molecule has 1 amide bonds. The number of halogens is 1. The molecule has 2 aromatic carbocycles. The summed E-state index contributed by atoms with van der Waals surface area (Å²) in [5.74, 6) is 1.00. The molecule has 5 rings (SSSR count). The van der Waals surface area contributed by atoms with E-state index >= 15 is 0 Å². The van der Waals surface area contributed by atoms with Crippen molar-refractivity contribution in [2.45, 2.75) is 31.6 Å². The Hall–Kier alpha value is -2.66. The number of aryl methyl sites for hydroxylation is 2. The number of carbonyl (C=O) groups excluding carboxylic acids is 1. The maximum Gasteiger partial charge on any atom is 0.232 e. The average Bonchev–Trinajstić information content (AvgIpc) is 3.40. The molecule has 2 heterocycles. The Kier molecular flexibility index (Phi) is 3.97. The highest BCUT2D eigenvalue weighted by Gasteiger charge is 2.35. The molecule has 1 unspecified atom stereocenters. The Morgan fingerprint density at radius 2 is 2.00 bits per heavy atom. The van der Waals surface area contributed by atoms with E-state index in [1.807, 2.05) is 17.0 Å². The van der Waals surface area contributed by atoms with Crippen LogP contribution in [-0.2, 0) is 17.6 Å². The maximum atomic E-state index is 12.6. The van der Waals surface area contributed by atoms with Gasteiger partial charge in [0, 0.05) is 29.2 Å². The van der Waals surface area contributed by atoms with Crippen LogP contribution in [0, 0.1) is 0 Å². The van der Waals surface area contributed by atoms with Crippen molar-refractivity contribution < 1.29 is 9.32 Å². The summed E-state index contributed by atoms with van der Waals surface area (Å²) in [5.41, 5.74) is 4.55. The smallest absolute Gasteiger partial charge is 0.232 e. The predicted octanol–water partition coefficient (Wildman–Crippen LogP) is 4.40. The van der Waals surface area contributed by atoms with Gasteiger partial charge in [-0.1, -0.05) is 35.0 Å². The van der Waals surface area contributed by atoms with Crippen molar-refractivity contribution in [3.63, 3.8) is 0 Å². The first kappa shape index (κ1) is 16.5. The van der Waals surface area contributed by atoms with Gasteiger partial charge < -0.3 is 9.42 Å². The Morgan fingerprint density at radius 3 is 2.89 bits per heavy atom. The zero-order chi connectivity index (χ0) is 18.4. The second-order valence-electron chi connectivity index (χ2n) is 7.18. The molecule has 1 atom stereocenters. The number of carbonyl (C=O) groups is 1. The first-order valence-corrected chi connectivity index (χ1v) is 9.57. The van der Waals surface area contributed by atoms with Crippen LogP contribution in [0.3, 0.4) is 0 Å². The van der Waals surface area contributed by atoms with E-state index < -0.39 is 0 Å². The SMILES string of the molecule is O=C1CC(c2nc(-c3cccc(Cl)c3)no2)CN1c1ccc2c(c1)CCC2. The summed E-state index contributed by atoms with van der Waals surface area (Å²) in [6.07, 6.45) is 3.82. The first-order valence-electron chi connectivity index (χ1n) is 9.19. The summed E-state index contributed by atoms with van der Waals surface area (Å²) >= 11 is 6.04. The summed E-state index contributed by atoms with van der Waals surface area (Å²) < 4.78 is 5.47. The lowest BCUT2D eigenvalue weighted by molar-refractivity contribution is -0.117. The third-order valence-corrected chi connectivity index (χ3v) is 5.63. The van der Waals surface area contributed by atoms with Crippen LogP contribution in [0.1, 0.15) is 35.8 Å². The van der Waals surface area contributed by atoms with Gasteiger partial charge in [-0.25, -0.2) is 0 Å². The quantitative estimate of drug-likeness (QED) is 0.676. The fourth-order valence-electron chi connectivity index (χ4n) is 3.99. The number of nitrogens with zero attached hydrogens (tertiary/aromatic N) is 3. The number of rotatable bonds is 3. The molecule has 1 aliphatic heterocycles. The lowest BCUT2D eigenvalue weighted by Crippen LogP contribution is -2.24. The zero-order valence-electron chi connectivity index (χ0n) is 14.7. The van der Waals surface area contributed by atoms with Crippen molar-refractivity contribution in [2.75, 3.05) is 11.4 Å². The molecule has 2 aliphatic rings. The van der Waals surface area contributed by atoms with Gasteiger partial charge in [0.15, 0.2) is 0 Å². The van der Waals surface area contributed by atoms with E-state index in [9.17, 15) is 4.79 Å². The van der Waals surface area contributed by atoms with Crippen molar-refractivity contribution >= 4 is 23.2 Å². The topological polar surface area (TPSA) is 59.2 Å². The lowest BCUT2D eigenvalue weighted by atomic mass is 10.1. The van der Waals surface area contributed by atoms with Gasteiger partial charge in [-0.05, 0) is 54.7 Å². The Balaban J connectivity index is 1.38. The van der Waals surface area contributed by atoms with Crippen LogP contribution >= 0.6 is 11.6 Å². The number of benzene rings is 2. The van der Waals surface area contributed by atoms with Crippen LogP contribution in [0.15, 0.2) is 47.0 Å². The van der Waals surface area contributed by atoms with E-state index in [4.69, 9.17) is 16.1 Å². The molecular weight excluding hydrogens is 362 g/mol. The molecule has 0 radical (unpaired) electrons. The maximum absolute atomic E-state index is 12.6. The van der Waals surface area contributed by atoms with E-state index in [0.29, 0.717) is 29.7 Å². The molecule has 6 heteroatoms. The summed E-state index contributed by atoms with van der Waals surface area (Å²) in [7, 11) is 0. The van der Waals surface area contributed by atoms with Crippen molar-refractivity contribution in [3.05, 3.63) is 64.5 Å². The summed E-state index contributed by atoms with van der Waals surface area (Å²) in [6.45, 7) is 0.564. The monoisotopic (exact) mass is 379 g/mol. The molecule has 27 heavy (non-hydrogen) atoms. The number of aromatic nitrogens is 2. The van der Waals surface area contributed by atoms with Crippen molar-refractivity contribution in [1.82, 2.24) is 10.1 Å². The lowest BCUT2D eigenvalue weighted by Gasteiger charge is -2.17. The van der Waals surface area contributed by atoms with E-state index in [-0.39, 0.29) is 11.8 Å². The van der Waals surface area contributed by atoms with Crippen LogP contribution in [0.5, 0.6) is 0 Å². The van der Waals surface area contributed by atoms with Gasteiger partial charge in [0.25, 0.3) is 0 Å². The van der Waals surface area contributed by atoms with Crippen molar-refractivity contribution in [2.24, 2.45) is 0 Å². The highest BCUT2D eigenvalue weighted by molar-refractivity contribution is 6.30. The van der Waals surface area contributed by atoms with Crippen LogP contribution in [0.2, 0.25) is 5.02 Å². The Bertz CT molecular complexity index is 1030. The standard InChI is InChI=1S/C21H18ClN3O2/c22-17-6-2-5-15(9-17)20-23-21(27-24-20)16-11-19(26)25(12-16)18-8-7-13-3-1-4-14(13)10-18/h2,5-10,16H,1,3-4,11-12H2. The number of amides is 1. The molecule has 5 nitrogen and oxygen atoms in total. The van der Waals surface area contributed by atoms with E-state index in [1.165, 1.54) is 17.5 Å². The van der Waals surface area contributed by atoms with Gasteiger partial charge in [0.2, 0.25) is 17.6 Å². The number of hydrogen-bond donors (Lipinski definition) is 0. The summed E-state index contributed by atoms with van der Waals surface area (Å²) in [4.78, 5) is 18.9. The van der Waals surface area contributed by atoms with Gasteiger partial charge in [-0.15, -0.1) is 0 Å². The summed E-state index contributed by atoms with van der Waals surface area (Å²) in [5, 5.41) is 4.69. The molecule has 1 aromatic heterocycles. The van der Waals surface area contributed by atoms with Crippen LogP contribution in [0.4, 0.5) is 5.69 Å². The van der Waals surface area contributed by atoms with Gasteiger partial charge in [0.1, 0.15) is 0 Å². The minimum absolute atomic E-state index is 0.0915. The molecular formula is C21H18ClN3O2. The average molecular weight is 380 g/mol. The zero-order valence-corrected chi connectivity index (χ0v) is 15.4. The second kappa shape index (κ2) is 6.50. The molecule has 136 valence electrons. The first-order chi connectivity index (χ1) is 13.2. The normalized spacial score (nSPS) is 18.9. The molecule has 0 spiro atoms. The third kappa shape index (κ3) is 3.02. The van der Waals surface area contributed by atoms with Gasteiger partial charge >= 0.3 is 0 Å². The molecule has 0 bridgehead atoms. The van der Waals surface area contributed by atoms with Gasteiger partial charge in [-0.3, -0.25) is 4.79 Å². The van der Waals surface area contributed by atoms with Crippen LogP contribution in [0.25, 0.3) is 11.4 Å². The van der Waals surface area contributed by atoms with Crippen molar-refractivity contribution in [3.8, 4) is 11.4 Å². The van der Waals surface area contributed by atoms with Crippen LogP contribution in [-0.4, -0.2) is 22.6 Å². The highest BCUT2D eigenvalue weighted by atomic mass is 35.5. The number of hydrogen-bond acceptors (Lipinski definition) is 4. The molecule has 1 fully saturated rings. The summed E-state index contributed by atoms with van der Waals surface area (Å²) in [6, 6.07) is 13.7. The molecule has 1 saturated heterocycles. The fourth-order valence-corrected chi connectivity index (χ4v) is 4.18. The van der Waals surface area contributed by atoms with Crippen molar-refractivity contribution in [1.29, 1.82) is 0 Å². The second-order valence-corrected chi connectivity index (χ2v) is 7.61. The largest absolute Gasteiger partial charge is 0.339 e. The Morgan fingerprint density at radius 1 is 1.11 bits per heavy atom. The molecule has 3 aromatic rings. The third-order valence-electron chi connectivity index (χ3n) is 5.39.